The lowest BCUT2D eigenvalue weighted by molar-refractivity contribution is -0.148. The molecule has 0 saturated carbocycles. The molecule has 0 radical (unpaired) electrons. The van der Waals surface area contributed by atoms with E-state index >= 15 is 0 Å². The third-order valence-corrected chi connectivity index (χ3v) is 2.07. The van der Waals surface area contributed by atoms with Crippen LogP contribution in [0.15, 0.2) is 24.3 Å². The molecule has 1 aromatic carbocycles. The molecule has 0 aliphatic carbocycles. The molecule has 1 rings (SSSR count). The fraction of sp³-hybridized carbons (Fsp3) is 0.273. The summed E-state index contributed by atoms with van der Waals surface area (Å²) in [5.74, 6) is -1.54. The number of carbonyl (C=O) groups is 2. The molecule has 5 heteroatoms. The Kier molecular flexibility index (Phi) is 4.79. The van der Waals surface area contributed by atoms with Crippen LogP contribution in [0.4, 0.5) is 0 Å². The molecule has 0 amide bonds. The minimum atomic E-state index is -1.01. The van der Waals surface area contributed by atoms with Crippen molar-refractivity contribution >= 4 is 23.5 Å². The highest BCUT2D eigenvalue weighted by molar-refractivity contribution is 6.30. The number of rotatable bonds is 5. The van der Waals surface area contributed by atoms with E-state index in [2.05, 4.69) is 0 Å². The van der Waals surface area contributed by atoms with Crippen molar-refractivity contribution in [3.63, 3.8) is 0 Å². The van der Waals surface area contributed by atoms with E-state index < -0.39 is 11.9 Å². The minimum absolute atomic E-state index is 0.110. The van der Waals surface area contributed by atoms with Crippen LogP contribution in [-0.4, -0.2) is 17.0 Å². The molecule has 0 saturated heterocycles. The van der Waals surface area contributed by atoms with E-state index in [9.17, 15) is 9.59 Å². The van der Waals surface area contributed by atoms with Gasteiger partial charge in [-0.05, 0) is 17.7 Å². The summed E-state index contributed by atoms with van der Waals surface area (Å²) in [6.45, 7) is 0.110. The summed E-state index contributed by atoms with van der Waals surface area (Å²) in [4.78, 5) is 21.3. The maximum absolute atomic E-state index is 11.1. The summed E-state index contributed by atoms with van der Waals surface area (Å²) in [6.07, 6.45) is -0.329. The number of halogens is 1. The zero-order valence-electron chi connectivity index (χ0n) is 8.48. The maximum atomic E-state index is 11.1. The molecule has 86 valence electrons. The fourth-order valence-electron chi connectivity index (χ4n) is 1.07. The van der Waals surface area contributed by atoms with Crippen LogP contribution < -0.4 is 0 Å². The number of carboxylic acids is 1. The van der Waals surface area contributed by atoms with Crippen molar-refractivity contribution in [3.8, 4) is 0 Å². The molecule has 0 fully saturated rings. The Labute approximate surface area is 97.8 Å². The van der Waals surface area contributed by atoms with Gasteiger partial charge in [-0.25, -0.2) is 0 Å². The Balaban J connectivity index is 2.34. The van der Waals surface area contributed by atoms with Gasteiger partial charge in [0.25, 0.3) is 0 Å². The van der Waals surface area contributed by atoms with E-state index in [-0.39, 0.29) is 19.4 Å². The predicted octanol–water partition coefficient (Wildman–Crippen LogP) is 2.25. The van der Waals surface area contributed by atoms with Gasteiger partial charge < -0.3 is 9.84 Å². The van der Waals surface area contributed by atoms with Gasteiger partial charge in [-0.2, -0.15) is 0 Å². The Morgan fingerprint density at radius 1 is 1.31 bits per heavy atom. The average molecular weight is 243 g/mol. The zero-order chi connectivity index (χ0) is 12.0. The van der Waals surface area contributed by atoms with Crippen molar-refractivity contribution < 1.29 is 19.4 Å². The van der Waals surface area contributed by atoms with Gasteiger partial charge in [-0.15, -0.1) is 0 Å². The largest absolute Gasteiger partial charge is 0.481 e. The number of esters is 1. The molecule has 0 heterocycles. The molecule has 0 aromatic heterocycles. The third kappa shape index (κ3) is 4.79. The SMILES string of the molecule is O=C(O)CCC(=O)OCc1cccc(Cl)c1. The Hall–Kier alpha value is -1.55. The summed E-state index contributed by atoms with van der Waals surface area (Å²) in [5.41, 5.74) is 0.774. The van der Waals surface area contributed by atoms with E-state index in [1.807, 2.05) is 0 Å². The second-order valence-corrected chi connectivity index (χ2v) is 3.62. The van der Waals surface area contributed by atoms with Crippen LogP contribution in [0, 0.1) is 0 Å². The lowest BCUT2D eigenvalue weighted by Crippen LogP contribution is -2.07. The molecule has 1 aromatic rings. The highest BCUT2D eigenvalue weighted by Gasteiger charge is 2.06. The molecule has 0 aliphatic heterocycles. The van der Waals surface area contributed by atoms with Crippen LogP contribution in [-0.2, 0) is 20.9 Å². The number of aliphatic carboxylic acids is 1. The van der Waals surface area contributed by atoms with Crippen LogP contribution in [0.5, 0.6) is 0 Å². The highest BCUT2D eigenvalue weighted by atomic mass is 35.5. The molecular formula is C11H11ClO4. The molecule has 0 atom stereocenters. The lowest BCUT2D eigenvalue weighted by Gasteiger charge is -2.04. The van der Waals surface area contributed by atoms with Gasteiger partial charge in [0.05, 0.1) is 12.8 Å². The minimum Gasteiger partial charge on any atom is -0.481 e. The third-order valence-electron chi connectivity index (χ3n) is 1.83. The van der Waals surface area contributed by atoms with E-state index in [0.717, 1.165) is 5.56 Å². The Morgan fingerprint density at radius 2 is 2.06 bits per heavy atom. The van der Waals surface area contributed by atoms with Gasteiger partial charge in [-0.3, -0.25) is 9.59 Å². The molecule has 0 bridgehead atoms. The summed E-state index contributed by atoms with van der Waals surface area (Å²) in [7, 11) is 0. The topological polar surface area (TPSA) is 63.6 Å². The van der Waals surface area contributed by atoms with Gasteiger partial charge in [0.1, 0.15) is 6.61 Å². The first kappa shape index (κ1) is 12.5. The van der Waals surface area contributed by atoms with E-state index in [4.69, 9.17) is 21.4 Å². The van der Waals surface area contributed by atoms with Crippen molar-refractivity contribution in [2.45, 2.75) is 19.4 Å². The van der Waals surface area contributed by atoms with Gasteiger partial charge in [0, 0.05) is 5.02 Å². The van der Waals surface area contributed by atoms with Crippen LogP contribution in [0.3, 0.4) is 0 Å². The standard InChI is InChI=1S/C11H11ClO4/c12-9-3-1-2-8(6-9)7-16-11(15)5-4-10(13)14/h1-3,6H,4-5,7H2,(H,13,14). The van der Waals surface area contributed by atoms with Crippen molar-refractivity contribution in [2.75, 3.05) is 0 Å². The maximum Gasteiger partial charge on any atom is 0.306 e. The summed E-state index contributed by atoms with van der Waals surface area (Å²) < 4.78 is 4.87. The molecule has 0 unspecified atom stereocenters. The van der Waals surface area contributed by atoms with E-state index in [0.29, 0.717) is 5.02 Å². The summed E-state index contributed by atoms with van der Waals surface area (Å²) >= 11 is 5.74. The highest BCUT2D eigenvalue weighted by Crippen LogP contribution is 2.11. The monoisotopic (exact) mass is 242 g/mol. The first-order valence-corrected chi connectivity index (χ1v) is 5.07. The fourth-order valence-corrected chi connectivity index (χ4v) is 1.28. The Morgan fingerprint density at radius 3 is 2.69 bits per heavy atom. The van der Waals surface area contributed by atoms with Crippen LogP contribution in [0.2, 0.25) is 5.02 Å². The first-order chi connectivity index (χ1) is 7.58. The number of hydrogen-bond donors (Lipinski definition) is 1. The summed E-state index contributed by atoms with van der Waals surface area (Å²) in [5, 5.41) is 8.93. The quantitative estimate of drug-likeness (QED) is 0.805. The Bertz CT molecular complexity index is 389. The molecule has 4 nitrogen and oxygen atoms in total. The number of hydrogen-bond acceptors (Lipinski definition) is 3. The van der Waals surface area contributed by atoms with Crippen molar-refractivity contribution in [1.82, 2.24) is 0 Å². The average Bonchev–Trinajstić information content (AvgIpc) is 2.23. The second-order valence-electron chi connectivity index (χ2n) is 3.18. The number of ether oxygens (including phenoxy) is 1. The van der Waals surface area contributed by atoms with Crippen molar-refractivity contribution in [1.29, 1.82) is 0 Å². The summed E-state index contributed by atoms with van der Waals surface area (Å²) in [6, 6.07) is 6.93. The van der Waals surface area contributed by atoms with Gasteiger partial charge >= 0.3 is 11.9 Å². The normalized spacial score (nSPS) is 9.81. The molecule has 0 aliphatic rings. The zero-order valence-corrected chi connectivity index (χ0v) is 9.24. The van der Waals surface area contributed by atoms with E-state index in [1.54, 1.807) is 24.3 Å². The second kappa shape index (κ2) is 6.12. The van der Waals surface area contributed by atoms with Gasteiger partial charge in [0.2, 0.25) is 0 Å². The molecular weight excluding hydrogens is 232 g/mol. The number of carbonyl (C=O) groups excluding carboxylic acids is 1. The van der Waals surface area contributed by atoms with Crippen LogP contribution in [0.1, 0.15) is 18.4 Å². The van der Waals surface area contributed by atoms with Crippen LogP contribution in [0.25, 0.3) is 0 Å². The molecule has 16 heavy (non-hydrogen) atoms. The first-order valence-electron chi connectivity index (χ1n) is 4.70. The van der Waals surface area contributed by atoms with Gasteiger partial charge in [0.15, 0.2) is 0 Å². The van der Waals surface area contributed by atoms with Crippen molar-refractivity contribution in [2.24, 2.45) is 0 Å². The van der Waals surface area contributed by atoms with Gasteiger partial charge in [-0.1, -0.05) is 23.7 Å². The molecule has 1 N–H and O–H groups in total. The smallest absolute Gasteiger partial charge is 0.306 e. The number of benzene rings is 1. The van der Waals surface area contributed by atoms with Crippen molar-refractivity contribution in [3.05, 3.63) is 34.9 Å². The molecule has 0 spiro atoms. The van der Waals surface area contributed by atoms with E-state index in [1.165, 1.54) is 0 Å². The number of carboxylic acid groups (broad SMARTS) is 1. The lowest BCUT2D eigenvalue weighted by atomic mass is 10.2. The predicted molar refractivity (Wildman–Crippen MR) is 58.1 cm³/mol. The van der Waals surface area contributed by atoms with Crippen LogP contribution >= 0.6 is 11.6 Å².